The molecule has 9 aromatic rings. The number of nitrogens with zero attached hydrogens (tertiary/aromatic N) is 3. The summed E-state index contributed by atoms with van der Waals surface area (Å²) in [6.45, 7) is 0. The highest BCUT2D eigenvalue weighted by Crippen LogP contribution is 2.36. The van der Waals surface area contributed by atoms with Crippen molar-refractivity contribution in [2.24, 2.45) is 0 Å². The number of furan rings is 1. The minimum absolute atomic E-state index is 0.0135. The molecule has 0 fully saturated rings. The summed E-state index contributed by atoms with van der Waals surface area (Å²) >= 11 is 0. The summed E-state index contributed by atoms with van der Waals surface area (Å²) in [5.41, 5.74) is 9.44. The highest BCUT2D eigenvalue weighted by Gasteiger charge is 2.15. The molecule has 4 nitrogen and oxygen atoms in total. The van der Waals surface area contributed by atoms with Crippen LogP contribution in [0.3, 0.4) is 0 Å². The van der Waals surface area contributed by atoms with Crippen molar-refractivity contribution in [2.75, 3.05) is 0 Å². The Morgan fingerprint density at radius 3 is 1.43 bits per heavy atom. The molecule has 0 spiro atoms. The molecule has 7 aromatic carbocycles. The van der Waals surface area contributed by atoms with Crippen LogP contribution in [0.15, 0.2) is 180 Å². The molecule has 0 N–H and O–H groups in total. The van der Waals surface area contributed by atoms with Crippen LogP contribution in [0.25, 0.3) is 89.5 Å². The van der Waals surface area contributed by atoms with Crippen LogP contribution >= 0.6 is 0 Å². The van der Waals surface area contributed by atoms with Gasteiger partial charge in [-0.2, -0.15) is 0 Å². The van der Waals surface area contributed by atoms with Gasteiger partial charge in [0.15, 0.2) is 17.5 Å². The Morgan fingerprint density at radius 2 is 0.816 bits per heavy atom. The topological polar surface area (TPSA) is 51.8 Å². The van der Waals surface area contributed by atoms with Gasteiger partial charge in [0.2, 0.25) is 0 Å². The number of fused-ring (bicyclic) bond motifs is 3. The molecule has 0 aliphatic rings. The molecule has 49 heavy (non-hydrogen) atoms. The molecule has 2 heterocycles. The maximum Gasteiger partial charge on any atom is 0.164 e. The lowest BCUT2D eigenvalue weighted by Gasteiger charge is -2.08. The van der Waals surface area contributed by atoms with Crippen molar-refractivity contribution >= 4 is 21.9 Å². The summed E-state index contributed by atoms with van der Waals surface area (Å²) in [6, 6.07) is 46.6. The van der Waals surface area contributed by atoms with Gasteiger partial charge in [-0.15, -0.1) is 0 Å². The second-order valence-electron chi connectivity index (χ2n) is 11.7. The van der Waals surface area contributed by atoms with Gasteiger partial charge in [0.1, 0.15) is 11.2 Å². The van der Waals surface area contributed by atoms with Gasteiger partial charge < -0.3 is 4.42 Å². The van der Waals surface area contributed by atoms with Gasteiger partial charge in [-0.05, 0) is 57.6 Å². The molecule has 9 rings (SSSR count). The van der Waals surface area contributed by atoms with Crippen LogP contribution in [0.4, 0.5) is 0 Å². The van der Waals surface area contributed by atoms with Crippen molar-refractivity contribution in [2.45, 2.75) is 0 Å². The second kappa shape index (κ2) is 12.2. The van der Waals surface area contributed by atoms with E-state index in [0.29, 0.717) is 22.5 Å². The van der Waals surface area contributed by atoms with E-state index in [2.05, 4.69) is 94.9 Å². The Labute approximate surface area is 291 Å². The number of hydrogen-bond donors (Lipinski definition) is 0. The minimum atomic E-state index is -0.480. The van der Waals surface area contributed by atoms with Crippen LogP contribution in [-0.4, -0.2) is 15.0 Å². The highest BCUT2D eigenvalue weighted by molar-refractivity contribution is 6.07. The summed E-state index contributed by atoms with van der Waals surface area (Å²) in [5, 5.41) is 1.89. The van der Waals surface area contributed by atoms with E-state index < -0.39 is 18.1 Å². The van der Waals surface area contributed by atoms with E-state index in [9.17, 15) is 0 Å². The molecular formula is C45H29N3O. The third kappa shape index (κ3) is 5.56. The van der Waals surface area contributed by atoms with Crippen LogP contribution in [-0.2, 0) is 0 Å². The highest BCUT2D eigenvalue weighted by atomic mass is 16.3. The molecule has 0 unspecified atom stereocenters. The van der Waals surface area contributed by atoms with Crippen LogP contribution in [0.1, 0.15) is 6.85 Å². The molecule has 4 heteroatoms. The predicted molar refractivity (Wildman–Crippen MR) is 200 cm³/mol. The third-order valence-electron chi connectivity index (χ3n) is 8.66. The smallest absolute Gasteiger partial charge is 0.164 e. The summed E-state index contributed by atoms with van der Waals surface area (Å²) in [7, 11) is 0. The fourth-order valence-corrected chi connectivity index (χ4v) is 6.13. The molecule has 0 radical (unpaired) electrons. The Balaban J connectivity index is 1.07. The maximum atomic E-state index is 8.57. The molecule has 0 aliphatic heterocycles. The number of aromatic nitrogens is 3. The van der Waals surface area contributed by atoms with E-state index in [1.807, 2.05) is 60.7 Å². The first-order valence-corrected chi connectivity index (χ1v) is 15.9. The Kier molecular flexibility index (Phi) is 5.87. The van der Waals surface area contributed by atoms with Crippen LogP contribution in [0.2, 0.25) is 0 Å². The average Bonchev–Trinajstić information content (AvgIpc) is 3.60. The van der Waals surface area contributed by atoms with Crippen molar-refractivity contribution in [3.8, 4) is 67.5 Å². The number of hydrogen-bond acceptors (Lipinski definition) is 4. The zero-order chi connectivity index (χ0) is 36.9. The fraction of sp³-hybridized carbons (Fsp3) is 0. The predicted octanol–water partition coefficient (Wildman–Crippen LogP) is 11.8. The van der Waals surface area contributed by atoms with Gasteiger partial charge in [0.05, 0.1) is 6.85 Å². The SMILES string of the molecule is [2H]c1c([2H])c([2H])c(-c2nc(-c3ccccc3)nc(-c3ccc4c(c3)oc3ccc(-c5ccc(-c6ccc(-c7ccccc7)cc6)cc5)cc34)n2)c([2H])c1[2H]. The zero-order valence-electron chi connectivity index (χ0n) is 31.1. The van der Waals surface area contributed by atoms with Crippen LogP contribution in [0.5, 0.6) is 0 Å². The van der Waals surface area contributed by atoms with Gasteiger partial charge in [-0.1, -0.05) is 152 Å². The minimum Gasteiger partial charge on any atom is -0.456 e. The molecule has 0 saturated carbocycles. The molecule has 230 valence electrons. The van der Waals surface area contributed by atoms with Crippen molar-refractivity contribution in [3.05, 3.63) is 176 Å². The van der Waals surface area contributed by atoms with Gasteiger partial charge in [-0.3, -0.25) is 0 Å². The van der Waals surface area contributed by atoms with E-state index in [1.54, 1.807) is 0 Å². The number of rotatable bonds is 6. The molecule has 0 aliphatic carbocycles. The van der Waals surface area contributed by atoms with Gasteiger partial charge in [0.25, 0.3) is 0 Å². The molecule has 0 amide bonds. The van der Waals surface area contributed by atoms with Crippen molar-refractivity contribution < 1.29 is 11.3 Å². The van der Waals surface area contributed by atoms with Crippen LogP contribution in [0, 0.1) is 0 Å². The van der Waals surface area contributed by atoms with Gasteiger partial charge >= 0.3 is 0 Å². The largest absolute Gasteiger partial charge is 0.456 e. The first-order chi connectivity index (χ1) is 26.3. The molecule has 0 bridgehead atoms. The molecule has 2 aromatic heterocycles. The lowest BCUT2D eigenvalue weighted by atomic mass is 9.97. The molecule has 0 atom stereocenters. The normalized spacial score (nSPS) is 12.7. The molecule has 0 saturated heterocycles. The Bertz CT molecular complexity index is 2830. The first kappa shape index (κ1) is 23.6. The monoisotopic (exact) mass is 632 g/mol. The first-order valence-electron chi connectivity index (χ1n) is 18.4. The molecular weight excluding hydrogens is 599 g/mol. The van der Waals surface area contributed by atoms with Crippen molar-refractivity contribution in [1.82, 2.24) is 15.0 Å². The van der Waals surface area contributed by atoms with E-state index >= 15 is 0 Å². The summed E-state index contributed by atoms with van der Waals surface area (Å²) < 4.78 is 48.0. The third-order valence-corrected chi connectivity index (χ3v) is 8.66. The standard InChI is InChI=1S/C45H29N3O/c1-4-10-30(11-5-1)31-16-18-32(19-17-31)33-20-22-34(23-21-33)37-25-27-41-40(28-37)39-26-24-38(29-42(39)49-41)45-47-43(35-12-6-2-7-13-35)46-44(48-45)36-14-8-3-9-15-36/h1-29H/i2D,6D,7D,12D,13D. The fourth-order valence-electron chi connectivity index (χ4n) is 6.13. The summed E-state index contributed by atoms with van der Waals surface area (Å²) in [6.07, 6.45) is 0. The lowest BCUT2D eigenvalue weighted by Crippen LogP contribution is -2.00. The zero-order valence-corrected chi connectivity index (χ0v) is 26.1. The summed E-state index contributed by atoms with van der Waals surface area (Å²) in [4.78, 5) is 14.0. The average molecular weight is 633 g/mol. The van der Waals surface area contributed by atoms with E-state index in [4.69, 9.17) is 16.3 Å². The van der Waals surface area contributed by atoms with E-state index in [0.717, 1.165) is 38.6 Å². The second-order valence-corrected chi connectivity index (χ2v) is 11.7. The summed E-state index contributed by atoms with van der Waals surface area (Å²) in [5.74, 6) is 0.580. The van der Waals surface area contributed by atoms with Crippen molar-refractivity contribution in [3.63, 3.8) is 0 Å². The number of benzene rings is 7. The van der Waals surface area contributed by atoms with Gasteiger partial charge in [-0.25, -0.2) is 15.0 Å². The quantitative estimate of drug-likeness (QED) is 0.183. The van der Waals surface area contributed by atoms with Crippen LogP contribution < -0.4 is 0 Å². The van der Waals surface area contributed by atoms with E-state index in [1.165, 1.54) is 11.1 Å². The lowest BCUT2D eigenvalue weighted by molar-refractivity contribution is 0.669. The van der Waals surface area contributed by atoms with Crippen molar-refractivity contribution in [1.29, 1.82) is 0 Å². The maximum absolute atomic E-state index is 8.57. The van der Waals surface area contributed by atoms with E-state index in [-0.39, 0.29) is 29.3 Å². The Morgan fingerprint density at radius 1 is 0.347 bits per heavy atom. The Hall–Kier alpha value is -6.65. The van der Waals surface area contributed by atoms with Gasteiger partial charge in [0, 0.05) is 27.5 Å².